The molecule has 2 aromatic rings. The first-order valence-corrected chi connectivity index (χ1v) is 8.46. The molecule has 0 aromatic heterocycles. The number of hydrogen-bond donors (Lipinski definition) is 2. The molecule has 0 radical (unpaired) electrons. The summed E-state index contributed by atoms with van der Waals surface area (Å²) >= 11 is 5.97. The van der Waals surface area contributed by atoms with Gasteiger partial charge in [0.2, 0.25) is 5.91 Å². The molecular weight excluding hydrogens is 308 g/mol. The Labute approximate surface area is 142 Å². The average molecular weight is 329 g/mol. The first-order valence-electron chi connectivity index (χ1n) is 8.09. The zero-order valence-electron chi connectivity index (χ0n) is 13.0. The molecule has 0 spiro atoms. The molecule has 3 rings (SSSR count). The first kappa shape index (κ1) is 15.9. The van der Waals surface area contributed by atoms with Crippen LogP contribution in [-0.2, 0) is 4.79 Å². The fourth-order valence-corrected chi connectivity index (χ4v) is 3.18. The Balaban J connectivity index is 1.86. The van der Waals surface area contributed by atoms with Crippen molar-refractivity contribution in [2.45, 2.75) is 37.8 Å². The number of benzene rings is 2. The van der Waals surface area contributed by atoms with Crippen molar-refractivity contribution < 1.29 is 4.79 Å². The Bertz CT molecular complexity index is 642. The summed E-state index contributed by atoms with van der Waals surface area (Å²) in [5, 5.41) is 7.47. The van der Waals surface area contributed by atoms with Gasteiger partial charge in [0.05, 0.1) is 12.1 Å². The lowest BCUT2D eigenvalue weighted by molar-refractivity contribution is -0.121. The molecule has 0 bridgehead atoms. The van der Waals surface area contributed by atoms with Crippen LogP contribution in [0.4, 0.5) is 5.69 Å². The Morgan fingerprint density at radius 2 is 1.78 bits per heavy atom. The largest absolute Gasteiger partial charge is 0.376 e. The third-order valence-electron chi connectivity index (χ3n) is 4.24. The third-order valence-corrected chi connectivity index (χ3v) is 4.49. The van der Waals surface area contributed by atoms with Gasteiger partial charge < -0.3 is 10.6 Å². The number of nitrogens with one attached hydrogen (secondary N) is 2. The van der Waals surface area contributed by atoms with Crippen molar-refractivity contribution in [3.8, 4) is 0 Å². The molecule has 0 aliphatic carbocycles. The van der Waals surface area contributed by atoms with E-state index in [0.29, 0.717) is 6.42 Å². The molecule has 0 unspecified atom stereocenters. The minimum Gasteiger partial charge on any atom is -0.376 e. The average Bonchev–Trinajstić information content (AvgIpc) is 2.79. The van der Waals surface area contributed by atoms with Crippen molar-refractivity contribution in [3.05, 3.63) is 65.2 Å². The lowest BCUT2D eigenvalue weighted by Gasteiger charge is -2.29. The lowest BCUT2D eigenvalue weighted by Crippen LogP contribution is -2.40. The SMILES string of the molecule is O=C1CCCC[C@H]([C@@H](Nc2ccc(Cl)cc2)c2ccccc2)N1. The van der Waals surface area contributed by atoms with Crippen molar-refractivity contribution in [2.75, 3.05) is 5.32 Å². The van der Waals surface area contributed by atoms with Crippen LogP contribution in [-0.4, -0.2) is 11.9 Å². The van der Waals surface area contributed by atoms with Gasteiger partial charge >= 0.3 is 0 Å². The number of carbonyl (C=O) groups is 1. The van der Waals surface area contributed by atoms with Crippen LogP contribution in [0.1, 0.15) is 37.3 Å². The molecule has 4 heteroatoms. The summed E-state index contributed by atoms with van der Waals surface area (Å²) in [7, 11) is 0. The molecule has 3 nitrogen and oxygen atoms in total. The molecule has 2 N–H and O–H groups in total. The van der Waals surface area contributed by atoms with Crippen LogP contribution in [0.5, 0.6) is 0 Å². The summed E-state index contributed by atoms with van der Waals surface area (Å²) in [6.45, 7) is 0. The van der Waals surface area contributed by atoms with E-state index in [1.165, 1.54) is 5.56 Å². The minimum absolute atomic E-state index is 0.0411. The topological polar surface area (TPSA) is 41.1 Å². The number of anilines is 1. The van der Waals surface area contributed by atoms with E-state index < -0.39 is 0 Å². The second-order valence-corrected chi connectivity index (χ2v) is 6.40. The summed E-state index contributed by atoms with van der Waals surface area (Å²) < 4.78 is 0. The normalized spacial score (nSPS) is 19.5. The molecule has 1 aliphatic rings. The zero-order valence-corrected chi connectivity index (χ0v) is 13.7. The number of amides is 1. The van der Waals surface area contributed by atoms with E-state index in [4.69, 9.17) is 11.6 Å². The van der Waals surface area contributed by atoms with Crippen molar-refractivity contribution >= 4 is 23.2 Å². The van der Waals surface area contributed by atoms with Crippen molar-refractivity contribution in [2.24, 2.45) is 0 Å². The minimum atomic E-state index is 0.0411. The van der Waals surface area contributed by atoms with Gasteiger partial charge in [-0.2, -0.15) is 0 Å². The van der Waals surface area contributed by atoms with Crippen LogP contribution >= 0.6 is 11.6 Å². The monoisotopic (exact) mass is 328 g/mol. The van der Waals surface area contributed by atoms with E-state index in [-0.39, 0.29) is 18.0 Å². The van der Waals surface area contributed by atoms with E-state index in [1.807, 2.05) is 42.5 Å². The van der Waals surface area contributed by atoms with Crippen LogP contribution in [0.15, 0.2) is 54.6 Å². The summed E-state index contributed by atoms with van der Waals surface area (Å²) in [6.07, 6.45) is 3.63. The standard InChI is InChI=1S/C19H21ClN2O/c20-15-10-12-16(13-11-15)21-19(14-6-2-1-3-7-14)17-8-4-5-9-18(23)22-17/h1-3,6-7,10-13,17,19,21H,4-5,8-9H2,(H,22,23)/t17-,19+/m1/s1. The summed E-state index contributed by atoms with van der Waals surface area (Å²) in [5.41, 5.74) is 2.18. The summed E-state index contributed by atoms with van der Waals surface area (Å²) in [5.74, 6) is 0.145. The van der Waals surface area contributed by atoms with Gasteiger partial charge in [-0.3, -0.25) is 4.79 Å². The molecule has 1 saturated heterocycles. The molecule has 0 saturated carbocycles. The summed E-state index contributed by atoms with van der Waals surface area (Å²) in [4.78, 5) is 12.0. The molecular formula is C19H21ClN2O. The van der Waals surface area contributed by atoms with Crippen molar-refractivity contribution in [1.29, 1.82) is 0 Å². The molecule has 1 fully saturated rings. The Morgan fingerprint density at radius 1 is 1.04 bits per heavy atom. The third kappa shape index (κ3) is 4.26. The molecule has 120 valence electrons. The van der Waals surface area contributed by atoms with Crippen LogP contribution < -0.4 is 10.6 Å². The number of rotatable bonds is 4. The molecule has 1 aliphatic heterocycles. The van der Waals surface area contributed by atoms with Crippen LogP contribution in [0.25, 0.3) is 0 Å². The maximum absolute atomic E-state index is 12.0. The van der Waals surface area contributed by atoms with Gasteiger partial charge in [-0.25, -0.2) is 0 Å². The van der Waals surface area contributed by atoms with E-state index in [0.717, 1.165) is 30.0 Å². The second kappa shape index (κ2) is 7.51. The maximum Gasteiger partial charge on any atom is 0.220 e. The zero-order chi connectivity index (χ0) is 16.1. The first-order chi connectivity index (χ1) is 11.2. The van der Waals surface area contributed by atoms with Crippen molar-refractivity contribution in [1.82, 2.24) is 5.32 Å². The highest BCUT2D eigenvalue weighted by Crippen LogP contribution is 2.27. The number of halogens is 1. The predicted molar refractivity (Wildman–Crippen MR) is 94.7 cm³/mol. The van der Waals surface area contributed by atoms with E-state index >= 15 is 0 Å². The van der Waals surface area contributed by atoms with Gasteiger partial charge in [0.15, 0.2) is 0 Å². The molecule has 23 heavy (non-hydrogen) atoms. The second-order valence-electron chi connectivity index (χ2n) is 5.96. The van der Waals surface area contributed by atoms with Gasteiger partial charge in [-0.05, 0) is 42.7 Å². The Hall–Kier alpha value is -2.00. The summed E-state index contributed by atoms with van der Waals surface area (Å²) in [6, 6.07) is 18.1. The quantitative estimate of drug-likeness (QED) is 0.864. The van der Waals surface area contributed by atoms with Crippen LogP contribution in [0.3, 0.4) is 0 Å². The predicted octanol–water partition coefficient (Wildman–Crippen LogP) is 4.55. The van der Waals surface area contributed by atoms with E-state index in [2.05, 4.69) is 22.8 Å². The number of carbonyl (C=O) groups excluding carboxylic acids is 1. The van der Waals surface area contributed by atoms with Gasteiger partial charge in [0, 0.05) is 17.1 Å². The Morgan fingerprint density at radius 3 is 2.52 bits per heavy atom. The van der Waals surface area contributed by atoms with Gasteiger partial charge in [-0.15, -0.1) is 0 Å². The molecule has 1 heterocycles. The fourth-order valence-electron chi connectivity index (χ4n) is 3.05. The van der Waals surface area contributed by atoms with E-state index in [1.54, 1.807) is 0 Å². The molecule has 2 aromatic carbocycles. The van der Waals surface area contributed by atoms with Gasteiger partial charge in [0.1, 0.15) is 0 Å². The highest BCUT2D eigenvalue weighted by atomic mass is 35.5. The van der Waals surface area contributed by atoms with E-state index in [9.17, 15) is 4.79 Å². The Kier molecular flexibility index (Phi) is 5.19. The highest BCUT2D eigenvalue weighted by molar-refractivity contribution is 6.30. The van der Waals surface area contributed by atoms with Crippen LogP contribution in [0, 0.1) is 0 Å². The highest BCUT2D eigenvalue weighted by Gasteiger charge is 2.26. The lowest BCUT2D eigenvalue weighted by atomic mass is 9.95. The van der Waals surface area contributed by atoms with Crippen molar-refractivity contribution in [3.63, 3.8) is 0 Å². The van der Waals surface area contributed by atoms with Gasteiger partial charge in [-0.1, -0.05) is 48.4 Å². The fraction of sp³-hybridized carbons (Fsp3) is 0.316. The molecule has 2 atom stereocenters. The maximum atomic E-state index is 12.0. The van der Waals surface area contributed by atoms with Gasteiger partial charge in [0.25, 0.3) is 0 Å². The number of hydrogen-bond acceptors (Lipinski definition) is 2. The smallest absolute Gasteiger partial charge is 0.220 e. The molecule has 1 amide bonds. The van der Waals surface area contributed by atoms with Crippen LogP contribution in [0.2, 0.25) is 5.02 Å².